The summed E-state index contributed by atoms with van der Waals surface area (Å²) in [7, 11) is -2.33. The molecule has 0 aliphatic carbocycles. The lowest BCUT2D eigenvalue weighted by atomic mass is 10.0. The Morgan fingerprint density at radius 1 is 1.11 bits per heavy atom. The Hall–Kier alpha value is -3.37. The van der Waals surface area contributed by atoms with Crippen molar-refractivity contribution < 1.29 is 22.7 Å². The van der Waals surface area contributed by atoms with Crippen LogP contribution in [0.4, 0.5) is 0 Å². The molecule has 0 bridgehead atoms. The standard InChI is InChI=1S/C25H30N4O5S/c1-18(2)24(27-35(31,32)21-10-11-22-23(14-21)34-13-7-12-33-22)25(30)28(3)16-19-15-26-29(17-19)20-8-5-4-6-9-20/h4-6,8-11,14-15,17-18,24,27H,7,12-13,16H2,1-3H3/t24-/m1/s1. The lowest BCUT2D eigenvalue weighted by Crippen LogP contribution is -2.49. The zero-order valence-corrected chi connectivity index (χ0v) is 20.9. The molecule has 1 aliphatic heterocycles. The molecule has 0 saturated heterocycles. The van der Waals surface area contributed by atoms with Crippen LogP contribution in [0.2, 0.25) is 0 Å². The maximum atomic E-state index is 13.3. The van der Waals surface area contributed by atoms with Crippen molar-refractivity contribution >= 4 is 15.9 Å². The highest BCUT2D eigenvalue weighted by atomic mass is 32.2. The van der Waals surface area contributed by atoms with Gasteiger partial charge in [0.25, 0.3) is 0 Å². The van der Waals surface area contributed by atoms with Gasteiger partial charge in [0.1, 0.15) is 6.04 Å². The van der Waals surface area contributed by atoms with Crippen LogP contribution >= 0.6 is 0 Å². The molecule has 1 aromatic heterocycles. The van der Waals surface area contributed by atoms with Crippen molar-refractivity contribution in [3.63, 3.8) is 0 Å². The molecule has 9 nitrogen and oxygen atoms in total. The topological polar surface area (TPSA) is 103 Å². The molecule has 0 radical (unpaired) electrons. The van der Waals surface area contributed by atoms with E-state index in [0.29, 0.717) is 31.3 Å². The van der Waals surface area contributed by atoms with Crippen LogP contribution in [0.5, 0.6) is 11.5 Å². The summed E-state index contributed by atoms with van der Waals surface area (Å²) < 4.78 is 41.9. The van der Waals surface area contributed by atoms with Crippen molar-refractivity contribution in [1.82, 2.24) is 19.4 Å². The van der Waals surface area contributed by atoms with Crippen LogP contribution < -0.4 is 14.2 Å². The third kappa shape index (κ3) is 5.83. The van der Waals surface area contributed by atoms with Gasteiger partial charge in [0.05, 0.1) is 30.0 Å². The Labute approximate surface area is 205 Å². The second kappa shape index (κ2) is 10.5. The molecule has 3 aromatic rings. The van der Waals surface area contributed by atoms with E-state index in [1.807, 2.05) is 36.5 Å². The largest absolute Gasteiger partial charge is 0.490 e. The Morgan fingerprint density at radius 2 is 1.83 bits per heavy atom. The number of fused-ring (bicyclic) bond motifs is 1. The summed E-state index contributed by atoms with van der Waals surface area (Å²) in [6.07, 6.45) is 4.27. The van der Waals surface area contributed by atoms with Gasteiger partial charge in [0.2, 0.25) is 15.9 Å². The second-order valence-corrected chi connectivity index (χ2v) is 10.5. The minimum Gasteiger partial charge on any atom is -0.490 e. The van der Waals surface area contributed by atoms with Gasteiger partial charge in [-0.2, -0.15) is 9.82 Å². The number of hydrogen-bond donors (Lipinski definition) is 1. The summed E-state index contributed by atoms with van der Waals surface area (Å²) >= 11 is 0. The number of para-hydroxylation sites is 1. The van der Waals surface area contributed by atoms with E-state index in [4.69, 9.17) is 9.47 Å². The van der Waals surface area contributed by atoms with Crippen LogP contribution in [0.1, 0.15) is 25.8 Å². The number of benzene rings is 2. The lowest BCUT2D eigenvalue weighted by molar-refractivity contribution is -0.133. The number of rotatable bonds is 8. The van der Waals surface area contributed by atoms with Gasteiger partial charge >= 0.3 is 0 Å². The molecule has 1 amide bonds. The fourth-order valence-corrected chi connectivity index (χ4v) is 5.12. The van der Waals surface area contributed by atoms with E-state index in [9.17, 15) is 13.2 Å². The number of nitrogens with one attached hydrogen (secondary N) is 1. The van der Waals surface area contributed by atoms with Crippen molar-refractivity contribution in [1.29, 1.82) is 0 Å². The van der Waals surface area contributed by atoms with Crippen molar-refractivity contribution in [3.8, 4) is 17.2 Å². The quantitative estimate of drug-likeness (QED) is 0.512. The highest BCUT2D eigenvalue weighted by molar-refractivity contribution is 7.89. The van der Waals surface area contributed by atoms with Gasteiger partial charge in [-0.15, -0.1) is 0 Å². The molecule has 0 spiro atoms. The number of sulfonamides is 1. The molecule has 4 rings (SSSR count). The molecule has 1 aliphatic rings. The van der Waals surface area contributed by atoms with Gasteiger partial charge in [-0.3, -0.25) is 4.79 Å². The van der Waals surface area contributed by atoms with Crippen LogP contribution in [-0.4, -0.2) is 55.3 Å². The molecular weight excluding hydrogens is 468 g/mol. The first kappa shape index (κ1) is 24.7. The highest BCUT2D eigenvalue weighted by Gasteiger charge is 2.31. The normalized spacial score (nSPS) is 14.4. The van der Waals surface area contributed by atoms with E-state index in [-0.39, 0.29) is 16.7 Å². The SMILES string of the molecule is CC(C)[C@@H](NS(=O)(=O)c1ccc2c(c1)OCCCO2)C(=O)N(C)Cc1cnn(-c2ccccc2)c1. The zero-order valence-electron chi connectivity index (χ0n) is 20.0. The van der Waals surface area contributed by atoms with Gasteiger partial charge in [0.15, 0.2) is 11.5 Å². The first-order valence-corrected chi connectivity index (χ1v) is 13.0. The smallest absolute Gasteiger partial charge is 0.241 e. The summed E-state index contributed by atoms with van der Waals surface area (Å²) in [5.74, 6) is 0.289. The van der Waals surface area contributed by atoms with E-state index >= 15 is 0 Å². The summed E-state index contributed by atoms with van der Waals surface area (Å²) in [6, 6.07) is 13.2. The number of hydrogen-bond acceptors (Lipinski definition) is 6. The average molecular weight is 499 g/mol. The zero-order chi connectivity index (χ0) is 25.0. The van der Waals surface area contributed by atoms with Crippen LogP contribution in [0.15, 0.2) is 65.8 Å². The predicted molar refractivity (Wildman–Crippen MR) is 131 cm³/mol. The molecule has 35 heavy (non-hydrogen) atoms. The number of likely N-dealkylation sites (N-methyl/N-ethyl adjacent to an activating group) is 1. The van der Waals surface area contributed by atoms with Crippen LogP contribution in [0.25, 0.3) is 5.69 Å². The molecule has 0 saturated carbocycles. The Balaban J connectivity index is 1.47. The molecule has 10 heteroatoms. The first-order chi connectivity index (χ1) is 16.7. The molecular formula is C25H30N4O5S. The first-order valence-electron chi connectivity index (χ1n) is 11.5. The van der Waals surface area contributed by atoms with E-state index in [1.165, 1.54) is 17.0 Å². The summed E-state index contributed by atoms with van der Waals surface area (Å²) in [4.78, 5) is 14.8. The Bertz CT molecular complexity index is 1270. The molecule has 2 heterocycles. The van der Waals surface area contributed by atoms with Crippen molar-refractivity contribution in [3.05, 3.63) is 66.5 Å². The highest BCUT2D eigenvalue weighted by Crippen LogP contribution is 2.32. The van der Waals surface area contributed by atoms with Crippen molar-refractivity contribution in [2.45, 2.75) is 37.8 Å². The number of aromatic nitrogens is 2. The minimum absolute atomic E-state index is 0.0204. The molecule has 0 unspecified atom stereocenters. The van der Waals surface area contributed by atoms with Gasteiger partial charge in [-0.1, -0.05) is 32.0 Å². The van der Waals surface area contributed by atoms with Gasteiger partial charge in [-0.05, 0) is 30.2 Å². The van der Waals surface area contributed by atoms with Gasteiger partial charge in [-0.25, -0.2) is 13.1 Å². The maximum Gasteiger partial charge on any atom is 0.241 e. The molecule has 186 valence electrons. The molecule has 0 fully saturated rings. The number of amides is 1. The van der Waals surface area contributed by atoms with Crippen molar-refractivity contribution in [2.75, 3.05) is 20.3 Å². The second-order valence-electron chi connectivity index (χ2n) is 8.82. The van der Waals surface area contributed by atoms with E-state index in [0.717, 1.165) is 17.7 Å². The van der Waals surface area contributed by atoms with Crippen molar-refractivity contribution in [2.24, 2.45) is 5.92 Å². The predicted octanol–water partition coefficient (Wildman–Crippen LogP) is 3.00. The maximum absolute atomic E-state index is 13.3. The van der Waals surface area contributed by atoms with E-state index in [1.54, 1.807) is 37.8 Å². The fourth-order valence-electron chi connectivity index (χ4n) is 3.77. The molecule has 1 atom stereocenters. The average Bonchev–Trinajstić information content (AvgIpc) is 3.18. The molecule has 1 N–H and O–H groups in total. The lowest BCUT2D eigenvalue weighted by Gasteiger charge is -2.26. The summed E-state index contributed by atoms with van der Waals surface area (Å²) in [5.41, 5.74) is 1.74. The number of carbonyl (C=O) groups excluding carboxylic acids is 1. The van der Waals surface area contributed by atoms with Crippen LogP contribution in [0.3, 0.4) is 0 Å². The number of ether oxygens (including phenoxy) is 2. The minimum atomic E-state index is -3.98. The Morgan fingerprint density at radius 3 is 2.54 bits per heavy atom. The van der Waals surface area contributed by atoms with Crippen LogP contribution in [0, 0.1) is 5.92 Å². The van der Waals surface area contributed by atoms with Crippen LogP contribution in [-0.2, 0) is 21.4 Å². The third-order valence-corrected chi connectivity index (χ3v) is 7.14. The third-order valence-electron chi connectivity index (χ3n) is 5.70. The monoisotopic (exact) mass is 498 g/mol. The number of nitrogens with zero attached hydrogens (tertiary/aromatic N) is 3. The summed E-state index contributed by atoms with van der Waals surface area (Å²) in [6.45, 7) is 4.86. The van der Waals surface area contributed by atoms with Gasteiger partial charge < -0.3 is 14.4 Å². The van der Waals surface area contributed by atoms with E-state index < -0.39 is 16.1 Å². The Kier molecular flexibility index (Phi) is 7.42. The van der Waals surface area contributed by atoms with E-state index in [2.05, 4.69) is 9.82 Å². The number of carbonyl (C=O) groups is 1. The fraction of sp³-hybridized carbons (Fsp3) is 0.360. The van der Waals surface area contributed by atoms with Gasteiger partial charge in [0, 0.05) is 37.8 Å². The summed E-state index contributed by atoms with van der Waals surface area (Å²) in [5, 5.41) is 4.36. The molecule has 2 aromatic carbocycles.